The first-order chi connectivity index (χ1) is 16.7. The van der Waals surface area contributed by atoms with Crippen molar-refractivity contribution in [1.29, 1.82) is 0 Å². The van der Waals surface area contributed by atoms with Crippen LogP contribution in [-0.2, 0) is 6.54 Å². The summed E-state index contributed by atoms with van der Waals surface area (Å²) in [5.74, 6) is 1.15. The van der Waals surface area contributed by atoms with Crippen molar-refractivity contribution in [3.8, 4) is 11.5 Å². The van der Waals surface area contributed by atoms with Crippen LogP contribution in [0.1, 0.15) is 36.7 Å². The number of rotatable bonds is 6. The zero-order valence-electron chi connectivity index (χ0n) is 21.5. The third-order valence-electron chi connectivity index (χ3n) is 6.66. The Morgan fingerprint density at radius 2 is 1.66 bits per heavy atom. The maximum Gasteiger partial charge on any atom is 0.258 e. The third kappa shape index (κ3) is 4.85. The summed E-state index contributed by atoms with van der Waals surface area (Å²) >= 11 is 0. The van der Waals surface area contributed by atoms with Gasteiger partial charge in [-0.15, -0.1) is 0 Å². The van der Waals surface area contributed by atoms with Gasteiger partial charge in [0.1, 0.15) is 0 Å². The largest absolute Gasteiger partial charge is 0.493 e. The van der Waals surface area contributed by atoms with E-state index in [1.54, 1.807) is 37.1 Å². The highest BCUT2D eigenvalue weighted by molar-refractivity contribution is 6.07. The smallest absolute Gasteiger partial charge is 0.258 e. The average Bonchev–Trinajstić information content (AvgIpc) is 2.85. The summed E-state index contributed by atoms with van der Waals surface area (Å²) in [6.07, 6.45) is 1.72. The highest BCUT2D eigenvalue weighted by Crippen LogP contribution is 2.33. The second kappa shape index (κ2) is 10.0. The van der Waals surface area contributed by atoms with Crippen LogP contribution in [0, 0.1) is 12.8 Å². The molecule has 1 aliphatic heterocycles. The fourth-order valence-corrected chi connectivity index (χ4v) is 4.85. The number of benzene rings is 2. The van der Waals surface area contributed by atoms with E-state index < -0.39 is 0 Å². The number of hydrogen-bond acceptors (Lipinski definition) is 5. The summed E-state index contributed by atoms with van der Waals surface area (Å²) in [6, 6.07) is 12.1. The molecule has 1 atom stereocenters. The van der Waals surface area contributed by atoms with Crippen molar-refractivity contribution < 1.29 is 14.3 Å². The number of aryl methyl sites for hydroxylation is 1. The molecule has 0 radical (unpaired) electrons. The Bertz CT molecular complexity index is 1280. The number of aromatic nitrogens is 1. The van der Waals surface area contributed by atoms with E-state index >= 15 is 0 Å². The summed E-state index contributed by atoms with van der Waals surface area (Å²) < 4.78 is 12.6. The molecule has 2 heterocycles. The van der Waals surface area contributed by atoms with Gasteiger partial charge in [-0.3, -0.25) is 9.59 Å². The number of hydrogen-bond donors (Lipinski definition) is 0. The Hall–Kier alpha value is -3.48. The van der Waals surface area contributed by atoms with Crippen LogP contribution in [0.2, 0.25) is 0 Å². The predicted molar refractivity (Wildman–Crippen MR) is 140 cm³/mol. The second-order valence-corrected chi connectivity index (χ2v) is 9.78. The molecule has 0 bridgehead atoms. The lowest BCUT2D eigenvalue weighted by molar-refractivity contribution is 0.0727. The molecular weight excluding hydrogens is 442 g/mol. The van der Waals surface area contributed by atoms with Gasteiger partial charge in [0.2, 0.25) is 0 Å². The number of fused-ring (bicyclic) bond motifs is 1. The number of pyridine rings is 1. The van der Waals surface area contributed by atoms with Crippen molar-refractivity contribution >= 4 is 22.4 Å². The quantitative estimate of drug-likeness (QED) is 0.529. The number of anilines is 1. The highest BCUT2D eigenvalue weighted by Gasteiger charge is 2.29. The van der Waals surface area contributed by atoms with Crippen LogP contribution in [0.5, 0.6) is 11.5 Å². The summed E-state index contributed by atoms with van der Waals surface area (Å²) in [5.41, 5.74) is 2.77. The van der Waals surface area contributed by atoms with Gasteiger partial charge in [-0.25, -0.2) is 0 Å². The molecule has 7 heteroatoms. The van der Waals surface area contributed by atoms with Crippen molar-refractivity contribution in [2.45, 2.75) is 40.3 Å². The van der Waals surface area contributed by atoms with Crippen LogP contribution in [0.4, 0.5) is 5.69 Å². The lowest BCUT2D eigenvalue weighted by Gasteiger charge is -2.41. The Labute approximate surface area is 206 Å². The third-order valence-corrected chi connectivity index (χ3v) is 6.66. The van der Waals surface area contributed by atoms with E-state index in [9.17, 15) is 9.59 Å². The topological polar surface area (TPSA) is 64.0 Å². The molecule has 7 nitrogen and oxygen atoms in total. The van der Waals surface area contributed by atoms with Crippen LogP contribution >= 0.6 is 0 Å². The monoisotopic (exact) mass is 477 g/mol. The number of methoxy groups -OCH3 is 2. The molecule has 4 rings (SSSR count). The van der Waals surface area contributed by atoms with Crippen LogP contribution in [0.15, 0.2) is 47.4 Å². The fraction of sp³-hybridized carbons (Fsp3) is 0.429. The molecule has 2 aromatic carbocycles. The van der Waals surface area contributed by atoms with E-state index in [1.807, 2.05) is 4.90 Å². The second-order valence-electron chi connectivity index (χ2n) is 9.78. The minimum absolute atomic E-state index is 0.0740. The van der Waals surface area contributed by atoms with Crippen molar-refractivity contribution in [2.75, 3.05) is 38.8 Å². The van der Waals surface area contributed by atoms with E-state index in [0.29, 0.717) is 47.5 Å². The van der Waals surface area contributed by atoms with Gasteiger partial charge in [0.25, 0.3) is 11.5 Å². The molecule has 0 unspecified atom stereocenters. The number of ether oxygens (including phenoxy) is 2. The molecule has 0 N–H and O–H groups in total. The average molecular weight is 478 g/mol. The van der Waals surface area contributed by atoms with Gasteiger partial charge >= 0.3 is 0 Å². The van der Waals surface area contributed by atoms with Gasteiger partial charge in [-0.2, -0.15) is 0 Å². The first-order valence-electron chi connectivity index (χ1n) is 12.1. The van der Waals surface area contributed by atoms with Crippen molar-refractivity contribution in [3.63, 3.8) is 0 Å². The van der Waals surface area contributed by atoms with Gasteiger partial charge in [0.15, 0.2) is 11.5 Å². The minimum atomic E-state index is -0.135. The van der Waals surface area contributed by atoms with E-state index in [1.165, 1.54) is 11.3 Å². The molecule has 0 aliphatic carbocycles. The lowest BCUT2D eigenvalue weighted by Crippen LogP contribution is -2.54. The number of piperazine rings is 1. The summed E-state index contributed by atoms with van der Waals surface area (Å²) in [4.78, 5) is 31.4. The molecule has 0 spiro atoms. The number of carbonyl (C=O) groups excluding carboxylic acids is 1. The zero-order valence-corrected chi connectivity index (χ0v) is 21.5. The van der Waals surface area contributed by atoms with E-state index in [2.05, 4.69) is 56.9 Å². The number of amides is 1. The SMILES string of the molecule is COc1cc2c(C(=O)N3CCN(c4ccc(C)cc4)[C@@H](C)C3)cn(CC(C)C)c(=O)c2cc1OC. The van der Waals surface area contributed by atoms with Gasteiger partial charge in [-0.1, -0.05) is 31.5 Å². The van der Waals surface area contributed by atoms with Gasteiger partial charge in [0.05, 0.1) is 25.2 Å². The molecule has 1 amide bonds. The molecule has 0 saturated carbocycles. The number of nitrogens with zero attached hydrogens (tertiary/aromatic N) is 3. The van der Waals surface area contributed by atoms with Crippen LogP contribution in [0.3, 0.4) is 0 Å². The first kappa shape index (κ1) is 24.6. The molecule has 1 fully saturated rings. The van der Waals surface area contributed by atoms with Gasteiger partial charge in [-0.05, 0) is 44.0 Å². The van der Waals surface area contributed by atoms with Crippen LogP contribution in [0.25, 0.3) is 10.8 Å². The molecular formula is C28H35N3O4. The number of carbonyl (C=O) groups is 1. The van der Waals surface area contributed by atoms with E-state index in [4.69, 9.17) is 9.47 Å². The lowest BCUT2D eigenvalue weighted by atomic mass is 10.0. The summed E-state index contributed by atoms with van der Waals surface area (Å²) in [5, 5.41) is 1.05. The molecule has 186 valence electrons. The van der Waals surface area contributed by atoms with Crippen molar-refractivity contribution in [2.24, 2.45) is 5.92 Å². The van der Waals surface area contributed by atoms with Crippen molar-refractivity contribution in [1.82, 2.24) is 9.47 Å². The highest BCUT2D eigenvalue weighted by atomic mass is 16.5. The molecule has 35 heavy (non-hydrogen) atoms. The first-order valence-corrected chi connectivity index (χ1v) is 12.1. The Kier molecular flexibility index (Phi) is 7.05. The van der Waals surface area contributed by atoms with Crippen molar-refractivity contribution in [3.05, 3.63) is 64.1 Å². The maximum absolute atomic E-state index is 13.9. The van der Waals surface area contributed by atoms with E-state index in [0.717, 1.165) is 6.54 Å². The Balaban J connectivity index is 1.72. The van der Waals surface area contributed by atoms with Gasteiger partial charge in [0, 0.05) is 49.5 Å². The predicted octanol–water partition coefficient (Wildman–Crippen LogP) is 4.33. The standard InChI is InChI=1S/C28H35N3O4/c1-18(2)15-30-17-24(22-13-25(34-5)26(35-6)14-23(22)27(30)32)28(33)29-11-12-31(20(4)16-29)21-9-7-19(3)8-10-21/h7-10,13-14,17-18,20H,11-12,15-16H2,1-6H3/t20-/m0/s1. The molecule has 1 aliphatic rings. The molecule has 3 aromatic rings. The summed E-state index contributed by atoms with van der Waals surface area (Å²) in [6.45, 7) is 10.8. The molecule has 1 aromatic heterocycles. The Morgan fingerprint density at radius 1 is 1.03 bits per heavy atom. The summed E-state index contributed by atoms with van der Waals surface area (Å²) in [7, 11) is 3.09. The van der Waals surface area contributed by atoms with Crippen LogP contribution < -0.4 is 19.9 Å². The van der Waals surface area contributed by atoms with Crippen LogP contribution in [-0.4, -0.2) is 55.3 Å². The Morgan fingerprint density at radius 3 is 2.23 bits per heavy atom. The molecule has 1 saturated heterocycles. The normalized spacial score (nSPS) is 16.1. The van der Waals surface area contributed by atoms with E-state index in [-0.39, 0.29) is 23.4 Å². The van der Waals surface area contributed by atoms with Gasteiger partial charge < -0.3 is 23.8 Å². The zero-order chi connectivity index (χ0) is 25.3. The maximum atomic E-state index is 13.9. The minimum Gasteiger partial charge on any atom is -0.493 e. The fourth-order valence-electron chi connectivity index (χ4n) is 4.85.